The van der Waals surface area contributed by atoms with E-state index in [0.29, 0.717) is 16.8 Å². The number of anilines is 1. The second-order valence-corrected chi connectivity index (χ2v) is 4.08. The van der Waals surface area contributed by atoms with Gasteiger partial charge in [-0.25, -0.2) is 4.98 Å². The summed E-state index contributed by atoms with van der Waals surface area (Å²) in [6.07, 6.45) is 1.58. The molecule has 0 aromatic carbocycles. The van der Waals surface area contributed by atoms with Crippen molar-refractivity contribution in [3.63, 3.8) is 0 Å². The van der Waals surface area contributed by atoms with Crippen LogP contribution < -0.4 is 5.73 Å². The molecule has 0 fully saturated rings. The van der Waals surface area contributed by atoms with Gasteiger partial charge >= 0.3 is 0 Å². The predicted octanol–water partition coefficient (Wildman–Crippen LogP) is 1.90. The quantitative estimate of drug-likeness (QED) is 0.861. The largest absolute Gasteiger partial charge is 0.375 e. The Labute approximate surface area is 91.3 Å². The summed E-state index contributed by atoms with van der Waals surface area (Å²) >= 11 is 1.39. The van der Waals surface area contributed by atoms with Crippen LogP contribution in [0, 0.1) is 0 Å². The molecule has 0 atom stereocenters. The third-order valence-corrected chi connectivity index (χ3v) is 2.94. The van der Waals surface area contributed by atoms with E-state index < -0.39 is 0 Å². The highest BCUT2D eigenvalue weighted by molar-refractivity contribution is 7.18. The first-order chi connectivity index (χ1) is 7.24. The fourth-order valence-electron chi connectivity index (χ4n) is 1.27. The van der Waals surface area contributed by atoms with Crippen molar-refractivity contribution in [2.45, 2.75) is 26.7 Å². The van der Waals surface area contributed by atoms with E-state index in [1.165, 1.54) is 11.3 Å². The maximum Gasteiger partial charge on any atom is 0.270 e. The van der Waals surface area contributed by atoms with Gasteiger partial charge in [-0.1, -0.05) is 30.3 Å². The highest BCUT2D eigenvalue weighted by Crippen LogP contribution is 2.30. The fourth-order valence-corrected chi connectivity index (χ4v) is 2.11. The topological polar surface area (TPSA) is 77.8 Å². The molecule has 2 N–H and O–H groups in total. The molecular formula is C9H12N4OS. The molecule has 5 nitrogen and oxygen atoms in total. The Balaban J connectivity index is 2.43. The molecule has 0 amide bonds. The van der Waals surface area contributed by atoms with Gasteiger partial charge < -0.3 is 10.3 Å². The van der Waals surface area contributed by atoms with E-state index in [1.54, 1.807) is 0 Å². The zero-order valence-electron chi connectivity index (χ0n) is 8.65. The first-order valence-electron chi connectivity index (χ1n) is 4.82. The number of thiazole rings is 1. The maximum absolute atomic E-state index is 5.65. The van der Waals surface area contributed by atoms with E-state index in [-0.39, 0.29) is 0 Å². The van der Waals surface area contributed by atoms with E-state index in [1.807, 2.05) is 13.8 Å². The molecule has 0 saturated carbocycles. The van der Waals surface area contributed by atoms with Crippen LogP contribution in [0.3, 0.4) is 0 Å². The summed E-state index contributed by atoms with van der Waals surface area (Å²) in [6.45, 7) is 4.01. The lowest BCUT2D eigenvalue weighted by Crippen LogP contribution is -1.86. The summed E-state index contributed by atoms with van der Waals surface area (Å²) in [4.78, 5) is 9.36. The van der Waals surface area contributed by atoms with E-state index in [0.717, 1.165) is 23.4 Å². The smallest absolute Gasteiger partial charge is 0.270 e. The molecule has 0 radical (unpaired) electrons. The van der Waals surface area contributed by atoms with Gasteiger partial charge in [-0.3, -0.25) is 0 Å². The van der Waals surface area contributed by atoms with E-state index in [9.17, 15) is 0 Å². The standard InChI is InChI=1S/C9H12N4OS/c1-3-5-7(15-9(10)11-5)8-12-6(4-2)13-14-8/h3-4H2,1-2H3,(H2,10,11). The highest BCUT2D eigenvalue weighted by atomic mass is 32.1. The van der Waals surface area contributed by atoms with Gasteiger partial charge in [-0.05, 0) is 6.42 Å². The molecule has 15 heavy (non-hydrogen) atoms. The molecule has 6 heteroatoms. The number of nitrogens with two attached hydrogens (primary N) is 1. The minimum atomic E-state index is 0.526. The average molecular weight is 224 g/mol. The third kappa shape index (κ3) is 1.85. The van der Waals surface area contributed by atoms with Crippen LogP contribution in [-0.4, -0.2) is 15.1 Å². The molecule has 2 rings (SSSR count). The predicted molar refractivity (Wildman–Crippen MR) is 58.6 cm³/mol. The van der Waals surface area contributed by atoms with E-state index in [4.69, 9.17) is 10.3 Å². The number of aryl methyl sites for hydroxylation is 2. The average Bonchev–Trinajstić information content (AvgIpc) is 2.82. The van der Waals surface area contributed by atoms with Crippen molar-refractivity contribution in [2.24, 2.45) is 0 Å². The minimum Gasteiger partial charge on any atom is -0.375 e. The van der Waals surface area contributed by atoms with Gasteiger partial charge in [0.1, 0.15) is 4.88 Å². The molecule has 2 heterocycles. The highest BCUT2D eigenvalue weighted by Gasteiger charge is 2.16. The zero-order chi connectivity index (χ0) is 10.8. The summed E-state index contributed by atoms with van der Waals surface area (Å²) in [5.74, 6) is 1.23. The van der Waals surface area contributed by atoms with Crippen LogP contribution in [0.15, 0.2) is 4.52 Å². The first-order valence-corrected chi connectivity index (χ1v) is 5.64. The van der Waals surface area contributed by atoms with E-state index >= 15 is 0 Å². The van der Waals surface area contributed by atoms with Crippen LogP contribution in [0.2, 0.25) is 0 Å². The monoisotopic (exact) mass is 224 g/mol. The van der Waals surface area contributed by atoms with Crippen LogP contribution in [0.5, 0.6) is 0 Å². The maximum atomic E-state index is 5.65. The van der Waals surface area contributed by atoms with Gasteiger partial charge in [0.15, 0.2) is 11.0 Å². The van der Waals surface area contributed by atoms with Gasteiger partial charge in [0, 0.05) is 6.42 Å². The van der Waals surface area contributed by atoms with Gasteiger partial charge in [-0.2, -0.15) is 4.98 Å². The Morgan fingerprint density at radius 1 is 1.27 bits per heavy atom. The van der Waals surface area contributed by atoms with Crippen LogP contribution in [0.1, 0.15) is 25.4 Å². The summed E-state index contributed by atoms with van der Waals surface area (Å²) < 4.78 is 5.15. The molecule has 0 spiro atoms. The molecule has 80 valence electrons. The third-order valence-electron chi connectivity index (χ3n) is 2.03. The van der Waals surface area contributed by atoms with Crippen LogP contribution in [0.25, 0.3) is 10.8 Å². The van der Waals surface area contributed by atoms with Gasteiger partial charge in [-0.15, -0.1) is 0 Å². The summed E-state index contributed by atoms with van der Waals surface area (Å²) in [6, 6.07) is 0. The second-order valence-electron chi connectivity index (χ2n) is 3.05. The second kappa shape index (κ2) is 3.98. The number of aromatic nitrogens is 3. The SMILES string of the molecule is CCc1noc(-c2sc(N)nc2CC)n1. The number of hydrogen-bond donors (Lipinski definition) is 1. The molecule has 0 unspecified atom stereocenters. The first kappa shape index (κ1) is 10.1. The Bertz CT molecular complexity index is 462. The number of nitrogens with zero attached hydrogens (tertiary/aromatic N) is 3. The molecule has 0 aliphatic rings. The lowest BCUT2D eigenvalue weighted by Gasteiger charge is -1.90. The molecule has 2 aromatic rings. The van der Waals surface area contributed by atoms with Crippen molar-refractivity contribution in [3.8, 4) is 10.8 Å². The van der Waals surface area contributed by atoms with Crippen molar-refractivity contribution in [3.05, 3.63) is 11.5 Å². The Morgan fingerprint density at radius 2 is 2.07 bits per heavy atom. The molecule has 2 aromatic heterocycles. The summed E-state index contributed by atoms with van der Waals surface area (Å²) in [7, 11) is 0. The van der Waals surface area contributed by atoms with Crippen molar-refractivity contribution < 1.29 is 4.52 Å². The molecule has 0 aliphatic carbocycles. The van der Waals surface area contributed by atoms with Crippen LogP contribution in [-0.2, 0) is 12.8 Å². The number of nitrogen functional groups attached to an aromatic ring is 1. The van der Waals surface area contributed by atoms with Crippen molar-refractivity contribution >= 4 is 16.5 Å². The Hall–Kier alpha value is -1.43. The molecular weight excluding hydrogens is 212 g/mol. The van der Waals surface area contributed by atoms with Crippen molar-refractivity contribution in [2.75, 3.05) is 5.73 Å². The van der Waals surface area contributed by atoms with Crippen LogP contribution in [0.4, 0.5) is 5.13 Å². The van der Waals surface area contributed by atoms with Crippen molar-refractivity contribution in [1.29, 1.82) is 0 Å². The van der Waals surface area contributed by atoms with Gasteiger partial charge in [0.2, 0.25) is 0 Å². The molecule has 0 aliphatic heterocycles. The van der Waals surface area contributed by atoms with Crippen molar-refractivity contribution in [1.82, 2.24) is 15.1 Å². The number of hydrogen-bond acceptors (Lipinski definition) is 6. The lowest BCUT2D eigenvalue weighted by molar-refractivity contribution is 0.423. The van der Waals surface area contributed by atoms with Gasteiger partial charge in [0.25, 0.3) is 5.89 Å². The Morgan fingerprint density at radius 3 is 2.67 bits per heavy atom. The Kier molecular flexibility index (Phi) is 2.68. The fraction of sp³-hybridized carbons (Fsp3) is 0.444. The van der Waals surface area contributed by atoms with E-state index in [2.05, 4.69) is 15.1 Å². The summed E-state index contributed by atoms with van der Waals surface area (Å²) in [5.41, 5.74) is 6.57. The number of rotatable bonds is 3. The molecule has 0 bridgehead atoms. The summed E-state index contributed by atoms with van der Waals surface area (Å²) in [5, 5.41) is 4.39. The molecule has 0 saturated heterocycles. The minimum absolute atomic E-state index is 0.526. The van der Waals surface area contributed by atoms with Crippen LogP contribution >= 0.6 is 11.3 Å². The lowest BCUT2D eigenvalue weighted by atomic mass is 10.3. The zero-order valence-corrected chi connectivity index (χ0v) is 9.47. The normalized spacial score (nSPS) is 10.8. The van der Waals surface area contributed by atoms with Gasteiger partial charge in [0.05, 0.1) is 5.69 Å².